The maximum absolute atomic E-state index is 12.8. The molecule has 152 valence electrons. The molecule has 1 heterocycles. The van der Waals surface area contributed by atoms with E-state index in [4.69, 9.17) is 16.3 Å². The first-order valence-electron chi connectivity index (χ1n) is 8.75. The third-order valence-corrected chi connectivity index (χ3v) is 6.00. The number of nitrogens with one attached hydrogen (secondary N) is 2. The minimum Gasteiger partial charge on any atom is -0.495 e. The van der Waals surface area contributed by atoms with Crippen LogP contribution in [-0.2, 0) is 16.6 Å². The maximum atomic E-state index is 12.8. The number of amides is 1. The van der Waals surface area contributed by atoms with Gasteiger partial charge < -0.3 is 14.6 Å². The van der Waals surface area contributed by atoms with Crippen molar-refractivity contribution in [3.05, 3.63) is 77.6 Å². The summed E-state index contributed by atoms with van der Waals surface area (Å²) in [6, 6.07) is 14.5. The minimum absolute atomic E-state index is 0.0105. The average Bonchev–Trinajstić information content (AvgIpc) is 3.21. The normalized spacial score (nSPS) is 11.1. The molecule has 9 heteroatoms. The molecule has 0 unspecified atom stereocenters. The van der Waals surface area contributed by atoms with Gasteiger partial charge in [-0.15, -0.1) is 0 Å². The molecule has 0 spiro atoms. The van der Waals surface area contributed by atoms with Crippen molar-refractivity contribution in [2.45, 2.75) is 11.4 Å². The summed E-state index contributed by atoms with van der Waals surface area (Å²) in [4.78, 5) is 12.2. The van der Waals surface area contributed by atoms with E-state index < -0.39 is 10.0 Å². The number of sulfonamides is 1. The van der Waals surface area contributed by atoms with Crippen molar-refractivity contribution in [2.24, 2.45) is 0 Å². The molecule has 0 aliphatic heterocycles. The van der Waals surface area contributed by atoms with Gasteiger partial charge in [-0.3, -0.25) is 9.52 Å². The lowest BCUT2D eigenvalue weighted by molar-refractivity contribution is 0.0952. The Morgan fingerprint density at radius 3 is 2.55 bits per heavy atom. The van der Waals surface area contributed by atoms with Crippen molar-refractivity contribution in [1.29, 1.82) is 0 Å². The van der Waals surface area contributed by atoms with Gasteiger partial charge in [0.2, 0.25) is 0 Å². The molecule has 0 fully saturated rings. The molecule has 0 aliphatic rings. The van der Waals surface area contributed by atoms with Gasteiger partial charge in [0.25, 0.3) is 15.9 Å². The molecule has 2 aromatic carbocycles. The number of aromatic nitrogens is 1. The van der Waals surface area contributed by atoms with Crippen LogP contribution in [0.2, 0.25) is 5.02 Å². The van der Waals surface area contributed by atoms with Crippen LogP contribution in [0.1, 0.15) is 10.4 Å². The van der Waals surface area contributed by atoms with Crippen molar-refractivity contribution >= 4 is 33.2 Å². The van der Waals surface area contributed by atoms with E-state index in [0.29, 0.717) is 18.8 Å². The van der Waals surface area contributed by atoms with E-state index in [9.17, 15) is 13.2 Å². The molecule has 0 saturated heterocycles. The molecule has 7 nitrogen and oxygen atoms in total. The van der Waals surface area contributed by atoms with Crippen molar-refractivity contribution in [3.8, 4) is 5.75 Å². The number of nitrogens with zero attached hydrogens (tertiary/aromatic N) is 1. The van der Waals surface area contributed by atoms with Gasteiger partial charge in [0.05, 0.1) is 17.8 Å². The Labute approximate surface area is 174 Å². The standard InChI is InChI=1S/C20H20ClN3O4S/c1-28-18-7-3-2-6-17(18)23-29(26,27)19-14-15(8-9-16(19)21)20(25)22-10-13-24-11-4-5-12-24/h2-9,11-12,14,23H,10,13H2,1H3,(H,22,25). The fourth-order valence-electron chi connectivity index (χ4n) is 2.70. The molecule has 0 bridgehead atoms. The minimum atomic E-state index is -4.03. The van der Waals surface area contributed by atoms with Crippen LogP contribution >= 0.6 is 11.6 Å². The number of benzene rings is 2. The average molecular weight is 434 g/mol. The van der Waals surface area contributed by atoms with Crippen LogP contribution in [0.3, 0.4) is 0 Å². The van der Waals surface area contributed by atoms with Crippen molar-refractivity contribution < 1.29 is 17.9 Å². The Morgan fingerprint density at radius 2 is 1.83 bits per heavy atom. The number of anilines is 1. The van der Waals surface area contributed by atoms with Gasteiger partial charge in [0.15, 0.2) is 0 Å². The van der Waals surface area contributed by atoms with Crippen molar-refractivity contribution in [3.63, 3.8) is 0 Å². The smallest absolute Gasteiger partial charge is 0.263 e. The number of halogens is 1. The van der Waals surface area contributed by atoms with Gasteiger partial charge >= 0.3 is 0 Å². The zero-order valence-corrected chi connectivity index (χ0v) is 17.2. The van der Waals surface area contributed by atoms with Gasteiger partial charge in [-0.05, 0) is 42.5 Å². The number of rotatable bonds is 8. The summed E-state index contributed by atoms with van der Waals surface area (Å²) in [6.07, 6.45) is 3.78. The van der Waals surface area contributed by atoms with E-state index in [-0.39, 0.29) is 27.1 Å². The summed E-state index contributed by atoms with van der Waals surface area (Å²) in [5.41, 5.74) is 0.468. The van der Waals surface area contributed by atoms with Crippen LogP contribution in [0.15, 0.2) is 71.9 Å². The van der Waals surface area contributed by atoms with E-state index in [1.807, 2.05) is 29.1 Å². The number of hydrogen-bond acceptors (Lipinski definition) is 4. The van der Waals surface area contributed by atoms with Crippen LogP contribution < -0.4 is 14.8 Å². The maximum Gasteiger partial charge on any atom is 0.263 e. The predicted octanol–water partition coefficient (Wildman–Crippen LogP) is 3.38. The quantitative estimate of drug-likeness (QED) is 0.570. The predicted molar refractivity (Wildman–Crippen MR) is 112 cm³/mol. The fraction of sp³-hybridized carbons (Fsp3) is 0.150. The lowest BCUT2D eigenvalue weighted by Crippen LogP contribution is -2.27. The molecule has 2 N–H and O–H groups in total. The van der Waals surface area contributed by atoms with Crippen LogP contribution in [0, 0.1) is 0 Å². The lowest BCUT2D eigenvalue weighted by atomic mass is 10.2. The molecule has 0 aliphatic carbocycles. The van der Waals surface area contributed by atoms with Crippen molar-refractivity contribution in [1.82, 2.24) is 9.88 Å². The summed E-state index contributed by atoms with van der Waals surface area (Å²) < 4.78 is 35.2. The van der Waals surface area contributed by atoms with Gasteiger partial charge in [-0.1, -0.05) is 23.7 Å². The van der Waals surface area contributed by atoms with E-state index in [1.54, 1.807) is 24.3 Å². The number of para-hydroxylation sites is 2. The van der Waals surface area contributed by atoms with Gasteiger partial charge in [-0.25, -0.2) is 8.42 Å². The number of carbonyl (C=O) groups excluding carboxylic acids is 1. The third-order valence-electron chi connectivity index (χ3n) is 4.16. The Balaban J connectivity index is 1.77. The molecule has 0 atom stereocenters. The molecule has 3 aromatic rings. The number of methoxy groups -OCH3 is 1. The first-order chi connectivity index (χ1) is 13.9. The highest BCUT2D eigenvalue weighted by Gasteiger charge is 2.21. The highest BCUT2D eigenvalue weighted by molar-refractivity contribution is 7.92. The summed E-state index contributed by atoms with van der Waals surface area (Å²) >= 11 is 6.11. The Hall–Kier alpha value is -2.97. The van der Waals surface area contributed by atoms with Gasteiger partial charge in [-0.2, -0.15) is 0 Å². The fourth-order valence-corrected chi connectivity index (χ4v) is 4.30. The first kappa shape index (κ1) is 20.8. The second-order valence-electron chi connectivity index (χ2n) is 6.13. The van der Waals surface area contributed by atoms with E-state index >= 15 is 0 Å². The molecule has 0 saturated carbocycles. The first-order valence-corrected chi connectivity index (χ1v) is 10.6. The SMILES string of the molecule is COc1ccccc1NS(=O)(=O)c1cc(C(=O)NCCn2cccc2)ccc1Cl. The lowest BCUT2D eigenvalue weighted by Gasteiger charge is -2.13. The number of hydrogen-bond donors (Lipinski definition) is 2. The van der Waals surface area contributed by atoms with E-state index in [1.165, 1.54) is 25.3 Å². The largest absolute Gasteiger partial charge is 0.495 e. The number of carbonyl (C=O) groups is 1. The molecule has 1 amide bonds. The summed E-state index contributed by atoms with van der Waals surface area (Å²) in [5, 5.41) is 2.78. The molecular weight excluding hydrogens is 414 g/mol. The second kappa shape index (κ2) is 9.02. The molecule has 3 rings (SSSR count). The molecular formula is C20H20ClN3O4S. The molecule has 29 heavy (non-hydrogen) atoms. The monoisotopic (exact) mass is 433 g/mol. The second-order valence-corrected chi connectivity index (χ2v) is 8.19. The number of ether oxygens (including phenoxy) is 1. The summed E-state index contributed by atoms with van der Waals surface area (Å²) in [7, 11) is -2.59. The van der Waals surface area contributed by atoms with Crippen LogP contribution in [0.25, 0.3) is 0 Å². The van der Waals surface area contributed by atoms with Crippen LogP contribution in [0.5, 0.6) is 5.75 Å². The Kier molecular flexibility index (Phi) is 6.46. The summed E-state index contributed by atoms with van der Waals surface area (Å²) in [6.45, 7) is 1.00. The van der Waals surface area contributed by atoms with E-state index in [2.05, 4.69) is 10.0 Å². The Morgan fingerprint density at radius 1 is 1.10 bits per heavy atom. The zero-order valence-electron chi connectivity index (χ0n) is 15.6. The van der Waals surface area contributed by atoms with Crippen LogP contribution in [-0.4, -0.2) is 32.5 Å². The van der Waals surface area contributed by atoms with E-state index in [0.717, 1.165) is 0 Å². The van der Waals surface area contributed by atoms with Gasteiger partial charge in [0, 0.05) is 31.0 Å². The highest BCUT2D eigenvalue weighted by atomic mass is 35.5. The molecule has 0 radical (unpaired) electrons. The van der Waals surface area contributed by atoms with Gasteiger partial charge in [0.1, 0.15) is 10.6 Å². The summed E-state index contributed by atoms with van der Waals surface area (Å²) in [5.74, 6) is -0.0197. The Bertz CT molecular complexity index is 1100. The topological polar surface area (TPSA) is 89.4 Å². The third kappa shape index (κ3) is 5.10. The zero-order chi connectivity index (χ0) is 20.9. The van der Waals surface area contributed by atoms with Crippen molar-refractivity contribution in [2.75, 3.05) is 18.4 Å². The molecule has 1 aromatic heterocycles. The highest BCUT2D eigenvalue weighted by Crippen LogP contribution is 2.29. The van der Waals surface area contributed by atoms with Crippen LogP contribution in [0.4, 0.5) is 5.69 Å².